The van der Waals surface area contributed by atoms with Crippen molar-refractivity contribution < 1.29 is 18.7 Å². The maximum Gasteiger partial charge on any atom is 0.291 e. The third-order valence-electron chi connectivity index (χ3n) is 4.18. The number of rotatable bonds is 7. The van der Waals surface area contributed by atoms with Crippen LogP contribution >= 0.6 is 0 Å². The van der Waals surface area contributed by atoms with Crippen LogP contribution in [-0.4, -0.2) is 36.9 Å². The normalized spacial score (nSPS) is 10.4. The molecular formula is C22H22N2O4. The summed E-state index contributed by atoms with van der Waals surface area (Å²) in [4.78, 5) is 26.6. The monoisotopic (exact) mass is 378 g/mol. The number of nitrogens with zero attached hydrogens (tertiary/aromatic N) is 1. The number of amides is 2. The SMILES string of the molecule is Cc1cccc(OCCN(C)C(=O)c2ccccc2NC(=O)c2ccco2)c1. The highest BCUT2D eigenvalue weighted by atomic mass is 16.5. The number of likely N-dealkylation sites (N-methyl/N-ethyl adjacent to an activating group) is 1. The molecular weight excluding hydrogens is 356 g/mol. The number of hydrogen-bond donors (Lipinski definition) is 1. The first-order valence-electron chi connectivity index (χ1n) is 8.93. The maximum absolute atomic E-state index is 12.8. The molecule has 6 nitrogen and oxygen atoms in total. The third kappa shape index (κ3) is 4.79. The van der Waals surface area contributed by atoms with Gasteiger partial charge >= 0.3 is 0 Å². The molecule has 0 aliphatic carbocycles. The van der Waals surface area contributed by atoms with Crippen LogP contribution in [0, 0.1) is 6.92 Å². The topological polar surface area (TPSA) is 71.8 Å². The van der Waals surface area contributed by atoms with Crippen molar-refractivity contribution >= 4 is 17.5 Å². The maximum atomic E-state index is 12.8. The average molecular weight is 378 g/mol. The van der Waals surface area contributed by atoms with Crippen LogP contribution in [0.4, 0.5) is 5.69 Å². The lowest BCUT2D eigenvalue weighted by molar-refractivity contribution is 0.0774. The molecule has 0 spiro atoms. The minimum atomic E-state index is -0.407. The van der Waals surface area contributed by atoms with Crippen LogP contribution in [0.5, 0.6) is 5.75 Å². The molecule has 2 aromatic carbocycles. The number of furan rings is 1. The number of nitrogens with one attached hydrogen (secondary N) is 1. The molecule has 0 radical (unpaired) electrons. The van der Waals surface area contributed by atoms with E-state index in [1.807, 2.05) is 31.2 Å². The standard InChI is InChI=1S/C22H22N2O4/c1-16-7-5-8-17(15-16)27-14-12-24(2)22(26)18-9-3-4-10-19(18)23-21(25)20-11-6-13-28-20/h3-11,13,15H,12,14H2,1-2H3,(H,23,25). The zero-order chi connectivity index (χ0) is 19.9. The number of aryl methyl sites for hydroxylation is 1. The number of carbonyl (C=O) groups excluding carboxylic acids is 2. The van der Waals surface area contributed by atoms with Gasteiger partial charge in [-0.25, -0.2) is 0 Å². The molecule has 0 saturated carbocycles. The highest BCUT2D eigenvalue weighted by Gasteiger charge is 2.18. The first kappa shape index (κ1) is 19.2. The number of anilines is 1. The predicted molar refractivity (Wildman–Crippen MR) is 107 cm³/mol. The Morgan fingerprint density at radius 2 is 1.89 bits per heavy atom. The highest BCUT2D eigenvalue weighted by Crippen LogP contribution is 2.18. The number of para-hydroxylation sites is 1. The lowest BCUT2D eigenvalue weighted by Crippen LogP contribution is -2.31. The van der Waals surface area contributed by atoms with Gasteiger partial charge < -0.3 is 19.4 Å². The van der Waals surface area contributed by atoms with Gasteiger partial charge in [-0.2, -0.15) is 0 Å². The second kappa shape index (κ2) is 8.90. The summed E-state index contributed by atoms with van der Waals surface area (Å²) in [6.45, 7) is 2.77. The fraction of sp³-hybridized carbons (Fsp3) is 0.182. The Balaban J connectivity index is 1.62. The van der Waals surface area contributed by atoms with Crippen LogP contribution in [0.3, 0.4) is 0 Å². The molecule has 0 bridgehead atoms. The van der Waals surface area contributed by atoms with Gasteiger partial charge in [-0.3, -0.25) is 9.59 Å². The lowest BCUT2D eigenvalue weighted by atomic mass is 10.1. The zero-order valence-electron chi connectivity index (χ0n) is 15.8. The fourth-order valence-electron chi connectivity index (χ4n) is 2.68. The van der Waals surface area contributed by atoms with Crippen LogP contribution in [0.25, 0.3) is 0 Å². The summed E-state index contributed by atoms with van der Waals surface area (Å²) in [6, 6.07) is 17.8. The Morgan fingerprint density at radius 3 is 2.64 bits per heavy atom. The van der Waals surface area contributed by atoms with Crippen molar-refractivity contribution in [1.29, 1.82) is 0 Å². The van der Waals surface area contributed by atoms with Crippen molar-refractivity contribution in [3.8, 4) is 5.75 Å². The number of ether oxygens (including phenoxy) is 1. The number of hydrogen-bond acceptors (Lipinski definition) is 4. The van der Waals surface area contributed by atoms with Crippen molar-refractivity contribution in [3.05, 3.63) is 83.8 Å². The molecule has 144 valence electrons. The van der Waals surface area contributed by atoms with Crippen molar-refractivity contribution in [1.82, 2.24) is 4.90 Å². The summed E-state index contributed by atoms with van der Waals surface area (Å²) in [5.74, 6) is 0.341. The smallest absolute Gasteiger partial charge is 0.291 e. The Hall–Kier alpha value is -3.54. The van der Waals surface area contributed by atoms with Gasteiger partial charge in [0.25, 0.3) is 11.8 Å². The molecule has 0 aliphatic rings. The summed E-state index contributed by atoms with van der Waals surface area (Å²) < 4.78 is 10.8. The molecule has 1 aromatic heterocycles. The molecule has 3 rings (SSSR count). The Kier molecular flexibility index (Phi) is 6.11. The van der Waals surface area contributed by atoms with Gasteiger partial charge in [0, 0.05) is 7.05 Å². The van der Waals surface area contributed by atoms with Crippen LogP contribution in [0.1, 0.15) is 26.5 Å². The lowest BCUT2D eigenvalue weighted by Gasteiger charge is -2.19. The summed E-state index contributed by atoms with van der Waals surface area (Å²) in [6.07, 6.45) is 1.42. The second-order valence-corrected chi connectivity index (χ2v) is 6.37. The summed E-state index contributed by atoms with van der Waals surface area (Å²) >= 11 is 0. The minimum absolute atomic E-state index is 0.183. The van der Waals surface area contributed by atoms with E-state index in [9.17, 15) is 9.59 Å². The molecule has 0 aliphatic heterocycles. The van der Waals surface area contributed by atoms with E-state index in [1.54, 1.807) is 48.3 Å². The van der Waals surface area contributed by atoms with Gasteiger partial charge in [-0.15, -0.1) is 0 Å². The van der Waals surface area contributed by atoms with Gasteiger partial charge in [-0.05, 0) is 48.9 Å². The molecule has 0 saturated heterocycles. The van der Waals surface area contributed by atoms with E-state index in [0.29, 0.717) is 24.4 Å². The van der Waals surface area contributed by atoms with E-state index < -0.39 is 5.91 Å². The van der Waals surface area contributed by atoms with Crippen molar-refractivity contribution in [2.75, 3.05) is 25.5 Å². The molecule has 28 heavy (non-hydrogen) atoms. The van der Waals surface area contributed by atoms with E-state index in [1.165, 1.54) is 6.26 Å². The minimum Gasteiger partial charge on any atom is -0.492 e. The van der Waals surface area contributed by atoms with Crippen molar-refractivity contribution in [2.24, 2.45) is 0 Å². The molecule has 3 aromatic rings. The van der Waals surface area contributed by atoms with Crippen molar-refractivity contribution in [3.63, 3.8) is 0 Å². The highest BCUT2D eigenvalue weighted by molar-refractivity contribution is 6.07. The van der Waals surface area contributed by atoms with E-state index in [2.05, 4.69) is 5.32 Å². The van der Waals surface area contributed by atoms with E-state index >= 15 is 0 Å². The number of benzene rings is 2. The van der Waals surface area contributed by atoms with E-state index in [-0.39, 0.29) is 11.7 Å². The molecule has 1 heterocycles. The molecule has 0 atom stereocenters. The Labute approximate surface area is 163 Å². The first-order chi connectivity index (χ1) is 13.5. The second-order valence-electron chi connectivity index (χ2n) is 6.37. The molecule has 6 heteroatoms. The largest absolute Gasteiger partial charge is 0.492 e. The van der Waals surface area contributed by atoms with Gasteiger partial charge in [0.15, 0.2) is 5.76 Å². The van der Waals surface area contributed by atoms with E-state index in [0.717, 1.165) is 11.3 Å². The third-order valence-corrected chi connectivity index (χ3v) is 4.18. The summed E-state index contributed by atoms with van der Waals surface area (Å²) in [5.41, 5.74) is 1.95. The quantitative estimate of drug-likeness (QED) is 0.675. The summed E-state index contributed by atoms with van der Waals surface area (Å²) in [7, 11) is 1.70. The van der Waals surface area contributed by atoms with Gasteiger partial charge in [0.1, 0.15) is 12.4 Å². The molecule has 0 fully saturated rings. The first-order valence-corrected chi connectivity index (χ1v) is 8.93. The van der Waals surface area contributed by atoms with Crippen LogP contribution in [0.15, 0.2) is 71.3 Å². The summed E-state index contributed by atoms with van der Waals surface area (Å²) in [5, 5.41) is 2.73. The van der Waals surface area contributed by atoms with Crippen LogP contribution in [-0.2, 0) is 0 Å². The molecule has 1 N–H and O–H groups in total. The predicted octanol–water partition coefficient (Wildman–Crippen LogP) is 3.99. The average Bonchev–Trinajstić information content (AvgIpc) is 3.23. The van der Waals surface area contributed by atoms with Gasteiger partial charge in [0.2, 0.25) is 0 Å². The number of carbonyl (C=O) groups is 2. The van der Waals surface area contributed by atoms with E-state index in [4.69, 9.17) is 9.15 Å². The van der Waals surface area contributed by atoms with Crippen LogP contribution in [0.2, 0.25) is 0 Å². The van der Waals surface area contributed by atoms with Gasteiger partial charge in [0.05, 0.1) is 24.1 Å². The van der Waals surface area contributed by atoms with Gasteiger partial charge in [-0.1, -0.05) is 24.3 Å². The fourth-order valence-corrected chi connectivity index (χ4v) is 2.68. The zero-order valence-corrected chi connectivity index (χ0v) is 15.8. The molecule has 2 amide bonds. The van der Waals surface area contributed by atoms with Crippen molar-refractivity contribution in [2.45, 2.75) is 6.92 Å². The van der Waals surface area contributed by atoms with Crippen LogP contribution < -0.4 is 10.1 Å². The Bertz CT molecular complexity index is 951. The Morgan fingerprint density at radius 1 is 1.07 bits per heavy atom. The molecule has 0 unspecified atom stereocenters.